The number of hydrogen-bond donors (Lipinski definition) is 0. The van der Waals surface area contributed by atoms with Gasteiger partial charge in [-0.3, -0.25) is 0 Å². The van der Waals surface area contributed by atoms with Crippen molar-refractivity contribution in [2.24, 2.45) is 0 Å². The third-order valence-corrected chi connectivity index (χ3v) is 3.09. The Bertz CT molecular complexity index is 238. The van der Waals surface area contributed by atoms with E-state index in [2.05, 4.69) is 0 Å². The monoisotopic (exact) mass is 223 g/mol. The summed E-state index contributed by atoms with van der Waals surface area (Å²) in [6.45, 7) is 3.46. The first-order chi connectivity index (χ1) is 6.35. The molecule has 0 rings (SSSR count). The molecule has 0 spiro atoms. The van der Waals surface area contributed by atoms with Crippen molar-refractivity contribution in [1.82, 2.24) is 4.90 Å². The summed E-state index contributed by atoms with van der Waals surface area (Å²) in [6, 6.07) is 0. The SMILES string of the molecule is COC(C)CCN(C)CCS(C)(=O)=O. The highest BCUT2D eigenvalue weighted by Crippen LogP contribution is 1.97. The fraction of sp³-hybridized carbons (Fsp3) is 1.00. The second kappa shape index (κ2) is 6.37. The molecule has 0 aliphatic carbocycles. The Morgan fingerprint density at radius 1 is 1.36 bits per heavy atom. The van der Waals surface area contributed by atoms with E-state index in [4.69, 9.17) is 4.74 Å². The summed E-state index contributed by atoms with van der Waals surface area (Å²) in [4.78, 5) is 2.01. The largest absolute Gasteiger partial charge is 0.382 e. The maximum atomic E-state index is 10.9. The quantitative estimate of drug-likeness (QED) is 0.626. The average molecular weight is 223 g/mol. The van der Waals surface area contributed by atoms with Gasteiger partial charge in [0.1, 0.15) is 9.84 Å². The van der Waals surface area contributed by atoms with Gasteiger partial charge in [0, 0.05) is 26.5 Å². The van der Waals surface area contributed by atoms with E-state index in [1.54, 1.807) is 7.11 Å². The Labute approximate surface area is 87.2 Å². The number of hydrogen-bond acceptors (Lipinski definition) is 4. The molecule has 0 bridgehead atoms. The summed E-state index contributed by atoms with van der Waals surface area (Å²) in [5.41, 5.74) is 0. The molecule has 0 aromatic rings. The zero-order valence-corrected chi connectivity index (χ0v) is 10.3. The van der Waals surface area contributed by atoms with Gasteiger partial charge in [0.05, 0.1) is 11.9 Å². The van der Waals surface area contributed by atoms with Crippen LogP contribution in [0.4, 0.5) is 0 Å². The van der Waals surface area contributed by atoms with Crippen LogP contribution in [0.3, 0.4) is 0 Å². The van der Waals surface area contributed by atoms with E-state index in [0.29, 0.717) is 6.54 Å². The van der Waals surface area contributed by atoms with Crippen molar-refractivity contribution in [2.45, 2.75) is 19.4 Å². The summed E-state index contributed by atoms with van der Waals surface area (Å²) in [5.74, 6) is 0.227. The number of methoxy groups -OCH3 is 1. The lowest BCUT2D eigenvalue weighted by atomic mass is 10.3. The van der Waals surface area contributed by atoms with Crippen molar-refractivity contribution in [3.05, 3.63) is 0 Å². The van der Waals surface area contributed by atoms with Gasteiger partial charge in [-0.2, -0.15) is 0 Å². The van der Waals surface area contributed by atoms with Gasteiger partial charge >= 0.3 is 0 Å². The highest BCUT2D eigenvalue weighted by atomic mass is 32.2. The number of nitrogens with zero attached hydrogens (tertiary/aromatic N) is 1. The van der Waals surface area contributed by atoms with Gasteiger partial charge in [0.25, 0.3) is 0 Å². The lowest BCUT2D eigenvalue weighted by Gasteiger charge is -2.18. The highest BCUT2D eigenvalue weighted by Gasteiger charge is 2.06. The molecule has 0 radical (unpaired) electrons. The second-order valence-corrected chi connectivity index (χ2v) is 6.03. The van der Waals surface area contributed by atoms with Crippen LogP contribution >= 0.6 is 0 Å². The molecule has 0 heterocycles. The van der Waals surface area contributed by atoms with Crippen molar-refractivity contribution in [1.29, 1.82) is 0 Å². The third-order valence-electron chi connectivity index (χ3n) is 2.16. The Morgan fingerprint density at radius 2 is 1.93 bits per heavy atom. The van der Waals surface area contributed by atoms with Gasteiger partial charge in [0.15, 0.2) is 0 Å². The minimum Gasteiger partial charge on any atom is -0.382 e. The lowest BCUT2D eigenvalue weighted by molar-refractivity contribution is 0.101. The molecule has 1 atom stereocenters. The van der Waals surface area contributed by atoms with Gasteiger partial charge in [-0.1, -0.05) is 0 Å². The number of rotatable bonds is 7. The van der Waals surface area contributed by atoms with E-state index in [9.17, 15) is 8.42 Å². The van der Waals surface area contributed by atoms with Crippen LogP contribution in [0.5, 0.6) is 0 Å². The summed E-state index contributed by atoms with van der Waals surface area (Å²) in [5, 5.41) is 0. The summed E-state index contributed by atoms with van der Waals surface area (Å²) in [6.07, 6.45) is 2.42. The molecule has 0 aromatic carbocycles. The van der Waals surface area contributed by atoms with E-state index in [1.807, 2.05) is 18.9 Å². The van der Waals surface area contributed by atoms with Crippen molar-refractivity contribution in [3.63, 3.8) is 0 Å². The minimum atomic E-state index is -2.84. The van der Waals surface area contributed by atoms with Crippen LogP contribution in [-0.2, 0) is 14.6 Å². The zero-order valence-electron chi connectivity index (χ0n) is 9.49. The summed E-state index contributed by atoms with van der Waals surface area (Å²) in [7, 11) is 0.770. The topological polar surface area (TPSA) is 46.6 Å². The first kappa shape index (κ1) is 13.9. The average Bonchev–Trinajstić information content (AvgIpc) is 2.09. The van der Waals surface area contributed by atoms with Crippen molar-refractivity contribution < 1.29 is 13.2 Å². The van der Waals surface area contributed by atoms with Crippen LogP contribution in [-0.4, -0.2) is 58.7 Å². The predicted octanol–water partition coefficient (Wildman–Crippen LogP) is 0.388. The van der Waals surface area contributed by atoms with Crippen LogP contribution in [0, 0.1) is 0 Å². The molecule has 0 aliphatic rings. The fourth-order valence-corrected chi connectivity index (χ4v) is 1.60. The van der Waals surface area contributed by atoms with Gasteiger partial charge in [-0.15, -0.1) is 0 Å². The molecule has 5 heteroatoms. The molecule has 86 valence electrons. The second-order valence-electron chi connectivity index (χ2n) is 3.77. The molecule has 4 nitrogen and oxygen atoms in total. The van der Waals surface area contributed by atoms with Crippen molar-refractivity contribution in [3.8, 4) is 0 Å². The molecule has 0 fully saturated rings. The summed E-state index contributed by atoms with van der Waals surface area (Å²) >= 11 is 0. The molecular weight excluding hydrogens is 202 g/mol. The van der Waals surface area contributed by atoms with Gasteiger partial charge in [0.2, 0.25) is 0 Å². The van der Waals surface area contributed by atoms with Gasteiger partial charge in [-0.05, 0) is 20.4 Å². The molecule has 1 unspecified atom stereocenters. The standard InChI is InChI=1S/C9H21NO3S/c1-9(13-3)5-6-10(2)7-8-14(4,11)12/h9H,5-8H2,1-4H3. The minimum absolute atomic E-state index is 0.227. The normalized spacial score (nSPS) is 14.6. The van der Waals surface area contributed by atoms with Crippen LogP contribution in [0.25, 0.3) is 0 Å². The van der Waals surface area contributed by atoms with Gasteiger partial charge in [-0.25, -0.2) is 8.42 Å². The molecule has 0 saturated heterocycles. The lowest BCUT2D eigenvalue weighted by Crippen LogP contribution is -2.28. The van der Waals surface area contributed by atoms with E-state index in [0.717, 1.165) is 13.0 Å². The Morgan fingerprint density at radius 3 is 2.36 bits per heavy atom. The van der Waals surface area contributed by atoms with Gasteiger partial charge < -0.3 is 9.64 Å². The smallest absolute Gasteiger partial charge is 0.148 e. The molecule has 0 saturated carbocycles. The molecule has 0 N–H and O–H groups in total. The van der Waals surface area contributed by atoms with Crippen molar-refractivity contribution >= 4 is 9.84 Å². The first-order valence-corrected chi connectivity index (χ1v) is 6.80. The first-order valence-electron chi connectivity index (χ1n) is 4.74. The molecular formula is C9H21NO3S. The van der Waals surface area contributed by atoms with Crippen LogP contribution in [0.15, 0.2) is 0 Å². The number of sulfone groups is 1. The highest BCUT2D eigenvalue weighted by molar-refractivity contribution is 7.90. The Hall–Kier alpha value is -0.130. The Balaban J connectivity index is 3.61. The maximum absolute atomic E-state index is 10.9. The van der Waals surface area contributed by atoms with Crippen LogP contribution < -0.4 is 0 Å². The van der Waals surface area contributed by atoms with E-state index in [1.165, 1.54) is 6.26 Å². The van der Waals surface area contributed by atoms with Crippen LogP contribution in [0.2, 0.25) is 0 Å². The number of ether oxygens (including phenoxy) is 1. The predicted molar refractivity (Wildman–Crippen MR) is 58.3 cm³/mol. The van der Waals surface area contributed by atoms with Crippen molar-refractivity contribution in [2.75, 3.05) is 39.3 Å². The molecule has 14 heavy (non-hydrogen) atoms. The molecule has 0 aliphatic heterocycles. The molecule has 0 amide bonds. The van der Waals surface area contributed by atoms with Crippen LogP contribution in [0.1, 0.15) is 13.3 Å². The fourth-order valence-electron chi connectivity index (χ4n) is 0.954. The maximum Gasteiger partial charge on any atom is 0.148 e. The molecule has 0 aromatic heterocycles. The van der Waals surface area contributed by atoms with E-state index >= 15 is 0 Å². The van der Waals surface area contributed by atoms with E-state index in [-0.39, 0.29) is 11.9 Å². The zero-order chi connectivity index (χ0) is 11.2. The summed E-state index contributed by atoms with van der Waals surface area (Å²) < 4.78 is 26.9. The Kier molecular flexibility index (Phi) is 6.31. The van der Waals surface area contributed by atoms with E-state index < -0.39 is 9.84 Å². The third kappa shape index (κ3) is 8.47.